The number of aromatic carboxylic acids is 2. The molecule has 0 aromatic heterocycles. The summed E-state index contributed by atoms with van der Waals surface area (Å²) < 4.78 is 84.4. The highest BCUT2D eigenvalue weighted by Gasteiger charge is 2.65. The van der Waals surface area contributed by atoms with Crippen molar-refractivity contribution in [3.05, 3.63) is 57.9 Å². The molecule has 0 bridgehead atoms. The van der Waals surface area contributed by atoms with Gasteiger partial charge in [0.15, 0.2) is 17.6 Å². The van der Waals surface area contributed by atoms with Gasteiger partial charge in [0.25, 0.3) is 5.67 Å². The zero-order valence-corrected chi connectivity index (χ0v) is 16.4. The Bertz CT molecular complexity index is 1130. The summed E-state index contributed by atoms with van der Waals surface area (Å²) in [6.45, 7) is 1.85. The summed E-state index contributed by atoms with van der Waals surface area (Å²) in [5.74, 6) is -20.0. The van der Waals surface area contributed by atoms with Gasteiger partial charge in [-0.25, -0.2) is 36.7 Å². The fourth-order valence-corrected chi connectivity index (χ4v) is 3.41. The smallest absolute Gasteiger partial charge is 0.394 e. The second-order valence-electron chi connectivity index (χ2n) is 7.25. The van der Waals surface area contributed by atoms with Crippen LogP contribution in [-0.4, -0.2) is 39.8 Å². The molecule has 0 aliphatic heterocycles. The molecular weight excluding hydrogens is 470 g/mol. The molecule has 0 fully saturated rings. The first-order chi connectivity index (χ1) is 15.2. The number of carbonyl (C=O) groups is 4. The molecule has 33 heavy (non-hydrogen) atoms. The van der Waals surface area contributed by atoms with E-state index >= 15 is 4.39 Å². The van der Waals surface area contributed by atoms with Crippen LogP contribution in [0.2, 0.25) is 0 Å². The first-order valence-corrected chi connectivity index (χ1v) is 8.59. The van der Waals surface area contributed by atoms with Crippen LogP contribution in [0.3, 0.4) is 0 Å². The number of carbonyl (C=O) groups excluding carboxylic acids is 2. The largest absolute Gasteiger partial charge is 0.478 e. The van der Waals surface area contributed by atoms with E-state index in [1.165, 1.54) is 0 Å². The summed E-state index contributed by atoms with van der Waals surface area (Å²) in [5.41, 5.74) is -10.5. The van der Waals surface area contributed by atoms with Gasteiger partial charge >= 0.3 is 23.9 Å². The Balaban J connectivity index is 2.86. The highest BCUT2D eigenvalue weighted by molar-refractivity contribution is 6.02. The highest BCUT2D eigenvalue weighted by Crippen LogP contribution is 2.52. The van der Waals surface area contributed by atoms with Gasteiger partial charge in [0, 0.05) is 20.0 Å². The molecule has 0 radical (unpaired) electrons. The van der Waals surface area contributed by atoms with Gasteiger partial charge in [-0.2, -0.15) is 0 Å². The van der Waals surface area contributed by atoms with Crippen molar-refractivity contribution in [1.82, 2.24) is 0 Å². The van der Waals surface area contributed by atoms with Crippen LogP contribution in [0.25, 0.3) is 0 Å². The Morgan fingerprint density at radius 3 is 1.97 bits per heavy atom. The van der Waals surface area contributed by atoms with E-state index < -0.39 is 75.1 Å². The molecule has 0 saturated heterocycles. The van der Waals surface area contributed by atoms with E-state index in [1.807, 2.05) is 0 Å². The topological polar surface area (TPSA) is 127 Å². The fourth-order valence-electron chi connectivity index (χ4n) is 3.41. The van der Waals surface area contributed by atoms with Crippen molar-refractivity contribution in [1.29, 1.82) is 0 Å². The summed E-state index contributed by atoms with van der Waals surface area (Å²) in [6, 6.07) is 2.29. The molecule has 1 aliphatic carbocycles. The molecule has 14 heteroatoms. The van der Waals surface area contributed by atoms with Crippen molar-refractivity contribution in [3.63, 3.8) is 0 Å². The molecule has 1 aliphatic rings. The molecule has 2 unspecified atom stereocenters. The number of allylic oxidation sites excluding steroid dienone is 2. The van der Waals surface area contributed by atoms with Gasteiger partial charge in [0.05, 0.1) is 11.1 Å². The van der Waals surface area contributed by atoms with Gasteiger partial charge in [-0.05, 0) is 17.7 Å². The van der Waals surface area contributed by atoms with Crippen LogP contribution in [-0.2, 0) is 24.9 Å². The number of alkyl halides is 1. The normalized spacial score (nSPS) is 21.0. The zero-order chi connectivity index (χ0) is 25.5. The first-order valence-electron chi connectivity index (χ1n) is 8.59. The number of hydrogen-bond acceptors (Lipinski definition) is 6. The highest BCUT2D eigenvalue weighted by atomic mass is 19.3. The van der Waals surface area contributed by atoms with Crippen LogP contribution < -0.4 is 0 Å². The molecule has 1 aromatic rings. The number of halogens is 6. The number of carboxylic acids is 2. The minimum Gasteiger partial charge on any atom is -0.478 e. The van der Waals surface area contributed by atoms with Crippen molar-refractivity contribution >= 4 is 23.9 Å². The molecule has 0 heterocycles. The van der Waals surface area contributed by atoms with E-state index in [9.17, 15) is 46.5 Å². The summed E-state index contributed by atoms with van der Waals surface area (Å²) >= 11 is 0. The lowest BCUT2D eigenvalue weighted by molar-refractivity contribution is -0.210. The van der Waals surface area contributed by atoms with Gasteiger partial charge in [-0.3, -0.25) is 9.88 Å². The van der Waals surface area contributed by atoms with Crippen LogP contribution in [0, 0.1) is 5.92 Å². The Morgan fingerprint density at radius 2 is 1.52 bits per heavy atom. The van der Waals surface area contributed by atoms with Gasteiger partial charge in [0.2, 0.25) is 0 Å². The van der Waals surface area contributed by atoms with Crippen molar-refractivity contribution in [2.45, 2.75) is 24.9 Å². The minimum atomic E-state index is -4.81. The van der Waals surface area contributed by atoms with Gasteiger partial charge in [-0.15, -0.1) is 0 Å². The number of benzene rings is 1. The van der Waals surface area contributed by atoms with E-state index in [1.54, 1.807) is 0 Å². The summed E-state index contributed by atoms with van der Waals surface area (Å²) in [6.07, 6.45) is 0. The fraction of sp³-hybridized carbons (Fsp3) is 0.263. The second-order valence-corrected chi connectivity index (χ2v) is 7.25. The lowest BCUT2D eigenvalue weighted by Crippen LogP contribution is -2.50. The van der Waals surface area contributed by atoms with Crippen LogP contribution >= 0.6 is 0 Å². The van der Waals surface area contributed by atoms with Crippen molar-refractivity contribution < 1.29 is 65.9 Å². The summed E-state index contributed by atoms with van der Waals surface area (Å²) in [4.78, 5) is 50.8. The van der Waals surface area contributed by atoms with Gasteiger partial charge in [0.1, 0.15) is 5.83 Å². The predicted molar refractivity (Wildman–Crippen MR) is 92.5 cm³/mol. The maximum atomic E-state index is 15.2. The molecule has 2 atom stereocenters. The van der Waals surface area contributed by atoms with Crippen LogP contribution in [0.15, 0.2) is 41.3 Å². The Hall–Kier alpha value is -3.84. The van der Waals surface area contributed by atoms with Crippen molar-refractivity contribution in [3.8, 4) is 0 Å². The number of rotatable bonds is 6. The molecule has 0 amide bonds. The van der Waals surface area contributed by atoms with Crippen LogP contribution in [0.1, 0.15) is 40.1 Å². The average molecular weight is 482 g/mol. The summed E-state index contributed by atoms with van der Waals surface area (Å²) in [7, 11) is 0. The van der Waals surface area contributed by atoms with Crippen molar-refractivity contribution in [2.24, 2.45) is 5.92 Å². The molecule has 0 saturated carbocycles. The van der Waals surface area contributed by atoms with E-state index in [4.69, 9.17) is 5.11 Å². The standard InChI is InChI=1S/C19H12F6O8/c1-18(2,6-3-4-7(14(26)27)8(5-6)15(28)29)9-11(20)10(16(30)32-24)19(23,17(31)33-25)13(22)12(9)21/h3-5,10H,1-2H3,(H,26,27)(H,28,29). The third kappa shape index (κ3) is 3.81. The number of carboxylic acid groups (broad SMARTS) is 2. The van der Waals surface area contributed by atoms with Gasteiger partial charge in [-0.1, -0.05) is 19.9 Å². The van der Waals surface area contributed by atoms with Crippen LogP contribution in [0.4, 0.5) is 26.6 Å². The van der Waals surface area contributed by atoms with Crippen LogP contribution in [0.5, 0.6) is 0 Å². The molecule has 1 aromatic carbocycles. The third-order valence-electron chi connectivity index (χ3n) is 5.13. The zero-order valence-electron chi connectivity index (χ0n) is 16.4. The Morgan fingerprint density at radius 1 is 0.970 bits per heavy atom. The number of hydrogen-bond donors (Lipinski definition) is 2. The molecule has 2 N–H and O–H groups in total. The predicted octanol–water partition coefficient (Wildman–Crippen LogP) is 3.93. The molecule has 178 valence electrons. The minimum absolute atomic E-state index is 0.384. The maximum absolute atomic E-state index is 15.2. The monoisotopic (exact) mass is 482 g/mol. The average Bonchev–Trinajstić information content (AvgIpc) is 2.75. The van der Waals surface area contributed by atoms with Gasteiger partial charge < -0.3 is 10.2 Å². The van der Waals surface area contributed by atoms with E-state index in [0.29, 0.717) is 6.07 Å². The Labute approximate surface area is 179 Å². The SMILES string of the molecule is CC(C)(C1=C(F)C(C(=O)OF)C(F)(C(=O)OF)C(F)=C1F)c1ccc(C(=O)O)c(C(=O)O)c1. The van der Waals surface area contributed by atoms with E-state index in [0.717, 1.165) is 26.0 Å². The first kappa shape index (κ1) is 25.4. The Kier molecular flexibility index (Phi) is 6.62. The molecular formula is C19H12F6O8. The van der Waals surface area contributed by atoms with E-state index in [-0.39, 0.29) is 5.56 Å². The molecule has 8 nitrogen and oxygen atoms in total. The van der Waals surface area contributed by atoms with Crippen molar-refractivity contribution in [2.75, 3.05) is 0 Å². The lowest BCUT2D eigenvalue weighted by atomic mass is 9.69. The second kappa shape index (κ2) is 8.60. The van der Waals surface area contributed by atoms with E-state index in [2.05, 4.69) is 9.88 Å². The summed E-state index contributed by atoms with van der Waals surface area (Å²) in [5, 5.41) is 18.3. The lowest BCUT2D eigenvalue weighted by Gasteiger charge is -2.36. The quantitative estimate of drug-likeness (QED) is 0.584. The molecule has 0 spiro atoms. The maximum Gasteiger partial charge on any atom is 0.394 e. The molecule has 2 rings (SSSR count). The third-order valence-corrected chi connectivity index (χ3v) is 5.13.